The Labute approximate surface area is 226 Å². The molecule has 1 heterocycles. The SMILES string of the molecule is CCN(CC)c1ccc2c(-c3ccc(S(N)(=O)=O)cc3SOOO)c3ccc(=[N+](CC)CC)cc-3oc2c1. The van der Waals surface area contributed by atoms with Crippen LogP contribution in [0, 0.1) is 0 Å². The van der Waals surface area contributed by atoms with E-state index in [1.165, 1.54) is 12.1 Å². The fraction of sp³-hybridized carbons (Fsp3) is 0.296. The summed E-state index contributed by atoms with van der Waals surface area (Å²) < 4.78 is 37.6. The predicted octanol–water partition coefficient (Wildman–Crippen LogP) is 4.94. The van der Waals surface area contributed by atoms with Crippen LogP contribution in [0.2, 0.25) is 0 Å². The summed E-state index contributed by atoms with van der Waals surface area (Å²) >= 11 is 0.681. The van der Waals surface area contributed by atoms with Gasteiger partial charge in [-0.05, 0) is 63.6 Å². The molecular formula is C27H32N3O6S2+. The van der Waals surface area contributed by atoms with Gasteiger partial charge >= 0.3 is 0 Å². The monoisotopic (exact) mass is 558 g/mol. The Hall–Kier alpha value is -2.93. The zero-order chi connectivity index (χ0) is 27.4. The van der Waals surface area contributed by atoms with Gasteiger partial charge in [0.05, 0.1) is 23.0 Å². The van der Waals surface area contributed by atoms with Gasteiger partial charge in [-0.1, -0.05) is 11.1 Å². The third-order valence-electron chi connectivity index (χ3n) is 6.65. The predicted molar refractivity (Wildman–Crippen MR) is 150 cm³/mol. The van der Waals surface area contributed by atoms with Gasteiger partial charge < -0.3 is 9.32 Å². The zero-order valence-corrected chi connectivity index (χ0v) is 23.4. The lowest BCUT2D eigenvalue weighted by atomic mass is 9.93. The summed E-state index contributed by atoms with van der Waals surface area (Å²) in [6, 6.07) is 16.7. The normalized spacial score (nSPS) is 11.8. The number of anilines is 1. The largest absolute Gasteiger partial charge is 0.456 e. The van der Waals surface area contributed by atoms with E-state index in [-0.39, 0.29) is 4.90 Å². The number of hydrogen-bond donors (Lipinski definition) is 2. The van der Waals surface area contributed by atoms with Crippen LogP contribution in [-0.4, -0.2) is 39.9 Å². The first-order valence-corrected chi connectivity index (χ1v) is 14.7. The number of primary sulfonamides is 1. The average molecular weight is 559 g/mol. The van der Waals surface area contributed by atoms with Crippen molar-refractivity contribution in [1.29, 1.82) is 0 Å². The minimum Gasteiger partial charge on any atom is -0.456 e. The molecule has 9 nitrogen and oxygen atoms in total. The summed E-state index contributed by atoms with van der Waals surface area (Å²) in [7, 11) is -3.98. The molecule has 0 bridgehead atoms. The molecule has 0 unspecified atom stereocenters. The van der Waals surface area contributed by atoms with Crippen molar-refractivity contribution in [1.82, 2.24) is 4.58 Å². The van der Waals surface area contributed by atoms with Gasteiger partial charge in [-0.2, -0.15) is 0 Å². The van der Waals surface area contributed by atoms with Crippen LogP contribution in [0.15, 0.2) is 68.8 Å². The van der Waals surface area contributed by atoms with E-state index in [1.807, 2.05) is 36.4 Å². The molecule has 3 N–H and O–H groups in total. The molecule has 2 aromatic rings. The van der Waals surface area contributed by atoms with Gasteiger partial charge in [-0.25, -0.2) is 23.4 Å². The molecule has 38 heavy (non-hydrogen) atoms. The van der Waals surface area contributed by atoms with Crippen LogP contribution in [0.1, 0.15) is 27.7 Å². The average Bonchev–Trinajstić information content (AvgIpc) is 2.91. The van der Waals surface area contributed by atoms with Gasteiger partial charge in [0.25, 0.3) is 0 Å². The van der Waals surface area contributed by atoms with E-state index in [4.69, 9.17) is 19.1 Å². The molecule has 2 aromatic carbocycles. The topological polar surface area (TPSA) is 118 Å². The van der Waals surface area contributed by atoms with E-state index in [9.17, 15) is 8.42 Å². The molecule has 0 fully saturated rings. The molecule has 1 aliphatic carbocycles. The third-order valence-corrected chi connectivity index (χ3v) is 8.21. The van der Waals surface area contributed by atoms with Crippen molar-refractivity contribution in [3.63, 3.8) is 0 Å². The van der Waals surface area contributed by atoms with E-state index < -0.39 is 10.0 Å². The van der Waals surface area contributed by atoms with E-state index >= 15 is 0 Å². The van der Waals surface area contributed by atoms with E-state index in [2.05, 4.69) is 42.2 Å². The van der Waals surface area contributed by atoms with Gasteiger partial charge in [-0.15, -0.1) is 4.33 Å². The molecule has 1 aliphatic heterocycles. The lowest BCUT2D eigenvalue weighted by Gasteiger charge is -2.22. The Balaban J connectivity index is 2.11. The first kappa shape index (κ1) is 28.1. The van der Waals surface area contributed by atoms with Crippen LogP contribution in [0.5, 0.6) is 0 Å². The minimum atomic E-state index is -3.98. The van der Waals surface area contributed by atoms with E-state index in [1.54, 1.807) is 6.07 Å². The Morgan fingerprint density at radius 2 is 1.68 bits per heavy atom. The number of hydrogen-bond acceptors (Lipinski definition) is 8. The Bertz CT molecular complexity index is 1590. The van der Waals surface area contributed by atoms with Crippen LogP contribution >= 0.6 is 12.0 Å². The van der Waals surface area contributed by atoms with E-state index in [0.717, 1.165) is 53.7 Å². The quantitative estimate of drug-likeness (QED) is 0.0924. The van der Waals surface area contributed by atoms with Crippen molar-refractivity contribution >= 4 is 38.7 Å². The minimum absolute atomic E-state index is 0.0906. The molecule has 0 radical (unpaired) electrons. The Morgan fingerprint density at radius 1 is 0.974 bits per heavy atom. The number of nitrogens with zero attached hydrogens (tertiary/aromatic N) is 2. The number of sulfonamides is 1. The smallest absolute Gasteiger partial charge is 0.238 e. The van der Waals surface area contributed by atoms with Gasteiger partial charge in [-0.3, -0.25) is 0 Å². The Morgan fingerprint density at radius 3 is 2.32 bits per heavy atom. The first-order chi connectivity index (χ1) is 18.2. The van der Waals surface area contributed by atoms with Crippen molar-refractivity contribution in [2.45, 2.75) is 37.5 Å². The summed E-state index contributed by atoms with van der Waals surface area (Å²) in [5.41, 5.74) is 4.03. The fourth-order valence-corrected chi connectivity index (χ4v) is 5.89. The maximum Gasteiger partial charge on any atom is 0.238 e. The molecule has 0 saturated heterocycles. The van der Waals surface area contributed by atoms with E-state index in [0.29, 0.717) is 33.8 Å². The second kappa shape index (κ2) is 11.9. The molecular weight excluding hydrogens is 526 g/mol. The number of rotatable bonds is 10. The maximum absolute atomic E-state index is 12.1. The van der Waals surface area contributed by atoms with Crippen LogP contribution in [0.4, 0.5) is 5.69 Å². The molecule has 0 atom stereocenters. The van der Waals surface area contributed by atoms with Crippen molar-refractivity contribution in [3.05, 3.63) is 60.0 Å². The zero-order valence-electron chi connectivity index (χ0n) is 21.8. The van der Waals surface area contributed by atoms with Gasteiger partial charge in [0.15, 0.2) is 0 Å². The van der Waals surface area contributed by atoms with Crippen LogP contribution < -0.4 is 20.0 Å². The van der Waals surface area contributed by atoms with Crippen LogP contribution in [0.3, 0.4) is 0 Å². The van der Waals surface area contributed by atoms with Crippen molar-refractivity contribution in [2.75, 3.05) is 31.1 Å². The van der Waals surface area contributed by atoms with Crippen molar-refractivity contribution in [3.8, 4) is 22.5 Å². The third kappa shape index (κ3) is 5.58. The number of nitrogens with two attached hydrogens (primary N) is 1. The van der Waals surface area contributed by atoms with Crippen LogP contribution in [0.25, 0.3) is 33.4 Å². The summed E-state index contributed by atoms with van der Waals surface area (Å²) in [5, 5.41) is 19.9. The van der Waals surface area contributed by atoms with Crippen molar-refractivity contribution < 1.29 is 27.5 Å². The lowest BCUT2D eigenvalue weighted by Crippen LogP contribution is -2.29. The fourth-order valence-electron chi connectivity index (χ4n) is 4.74. The highest BCUT2D eigenvalue weighted by Gasteiger charge is 2.23. The van der Waals surface area contributed by atoms with Gasteiger partial charge in [0, 0.05) is 52.3 Å². The van der Waals surface area contributed by atoms with Gasteiger partial charge in [0.2, 0.25) is 15.4 Å². The second-order valence-electron chi connectivity index (χ2n) is 8.61. The standard InChI is InChI=1S/C27H31N3O6S2/c1-5-29(6-2)18-9-12-21-24(15-18)34-25-16-19(30(7-3)8-4)10-13-22(25)27(21)23-14-11-20(38(28,32)33)17-26(23)37-36-35-31/h9-17H,5-8H2,1-4H3,(H2-,28,31,32,33)/p+1. The van der Waals surface area contributed by atoms with Crippen molar-refractivity contribution in [2.24, 2.45) is 5.14 Å². The molecule has 2 aliphatic rings. The molecule has 4 rings (SSSR count). The van der Waals surface area contributed by atoms with Gasteiger partial charge in [0.1, 0.15) is 24.4 Å². The summed E-state index contributed by atoms with van der Waals surface area (Å²) in [4.78, 5) is 2.53. The molecule has 202 valence electrons. The lowest BCUT2D eigenvalue weighted by molar-refractivity contribution is -0.432. The molecule has 0 saturated carbocycles. The molecule has 0 spiro atoms. The maximum atomic E-state index is 12.1. The number of benzene rings is 3. The molecule has 0 amide bonds. The summed E-state index contributed by atoms with van der Waals surface area (Å²) in [5.74, 6) is 0.680. The number of fused-ring (bicyclic) bond motifs is 2. The molecule has 11 heteroatoms. The second-order valence-corrected chi connectivity index (χ2v) is 10.9. The highest BCUT2D eigenvalue weighted by atomic mass is 32.2. The highest BCUT2D eigenvalue weighted by Crippen LogP contribution is 2.44. The highest BCUT2D eigenvalue weighted by molar-refractivity contribution is 7.94. The Kier molecular flexibility index (Phi) is 8.76. The first-order valence-electron chi connectivity index (χ1n) is 12.4. The van der Waals surface area contributed by atoms with Crippen LogP contribution in [-0.2, 0) is 19.4 Å². The molecule has 0 aromatic heterocycles. The summed E-state index contributed by atoms with van der Waals surface area (Å²) in [6.45, 7) is 11.8. The summed E-state index contributed by atoms with van der Waals surface area (Å²) in [6.07, 6.45) is 0.